The predicted octanol–water partition coefficient (Wildman–Crippen LogP) is 0.596. The van der Waals surface area contributed by atoms with Gasteiger partial charge in [-0.2, -0.15) is 0 Å². The molecule has 2 heterocycles. The summed E-state index contributed by atoms with van der Waals surface area (Å²) in [6.07, 6.45) is 6.76. The molecule has 0 saturated carbocycles. The molecule has 1 saturated heterocycles. The van der Waals surface area contributed by atoms with Gasteiger partial charge < -0.3 is 10.6 Å². The van der Waals surface area contributed by atoms with Crippen LogP contribution in [0.1, 0.15) is 30.3 Å². The highest BCUT2D eigenvalue weighted by molar-refractivity contribution is 5.91. The van der Waals surface area contributed by atoms with Gasteiger partial charge in [0.25, 0.3) is 5.91 Å². The van der Waals surface area contributed by atoms with Gasteiger partial charge in [0.15, 0.2) is 0 Å². The number of amides is 1. The molecule has 1 aliphatic heterocycles. The Morgan fingerprint density at radius 3 is 2.88 bits per heavy atom. The lowest BCUT2D eigenvalue weighted by molar-refractivity contribution is 0.0917. The van der Waals surface area contributed by atoms with Crippen LogP contribution in [0.2, 0.25) is 0 Å². The van der Waals surface area contributed by atoms with E-state index in [2.05, 4.69) is 27.5 Å². The Hall–Kier alpha value is -1.49. The van der Waals surface area contributed by atoms with Gasteiger partial charge in [0, 0.05) is 18.9 Å². The molecule has 1 aromatic heterocycles. The smallest absolute Gasteiger partial charge is 0.271 e. The molecule has 5 nitrogen and oxygen atoms in total. The molecule has 17 heavy (non-hydrogen) atoms. The fraction of sp³-hybridized carbons (Fsp3) is 0.583. The van der Waals surface area contributed by atoms with Crippen LogP contribution in [0.4, 0.5) is 0 Å². The van der Waals surface area contributed by atoms with Crippen molar-refractivity contribution in [1.29, 1.82) is 0 Å². The molecule has 5 heteroatoms. The lowest BCUT2D eigenvalue weighted by atomic mass is 9.81. The lowest BCUT2D eigenvalue weighted by Gasteiger charge is -2.34. The Kier molecular flexibility index (Phi) is 3.68. The summed E-state index contributed by atoms with van der Waals surface area (Å²) in [6.45, 7) is 4.96. The third-order valence-electron chi connectivity index (χ3n) is 3.28. The van der Waals surface area contributed by atoms with E-state index in [9.17, 15) is 4.79 Å². The number of carbonyl (C=O) groups excluding carboxylic acids is 1. The Morgan fingerprint density at radius 2 is 2.24 bits per heavy atom. The summed E-state index contributed by atoms with van der Waals surface area (Å²) in [7, 11) is 0. The van der Waals surface area contributed by atoms with Crippen LogP contribution in [0.5, 0.6) is 0 Å². The Morgan fingerprint density at radius 1 is 1.47 bits per heavy atom. The molecular weight excluding hydrogens is 216 g/mol. The second kappa shape index (κ2) is 5.23. The third kappa shape index (κ3) is 3.23. The molecule has 92 valence electrons. The van der Waals surface area contributed by atoms with E-state index in [1.54, 1.807) is 6.20 Å². The average Bonchev–Trinajstić information content (AvgIpc) is 2.38. The van der Waals surface area contributed by atoms with E-state index in [1.165, 1.54) is 12.4 Å². The first kappa shape index (κ1) is 12.0. The molecule has 0 unspecified atom stereocenters. The average molecular weight is 234 g/mol. The highest BCUT2D eigenvalue weighted by Gasteiger charge is 2.27. The van der Waals surface area contributed by atoms with Gasteiger partial charge in [-0.15, -0.1) is 0 Å². The van der Waals surface area contributed by atoms with E-state index in [4.69, 9.17) is 0 Å². The quantitative estimate of drug-likeness (QED) is 0.803. The van der Waals surface area contributed by atoms with Crippen LogP contribution in [0.25, 0.3) is 0 Å². The molecule has 0 bridgehead atoms. The minimum Gasteiger partial charge on any atom is -0.350 e. The van der Waals surface area contributed by atoms with E-state index < -0.39 is 0 Å². The van der Waals surface area contributed by atoms with E-state index in [0.717, 1.165) is 25.9 Å². The topological polar surface area (TPSA) is 66.9 Å². The van der Waals surface area contributed by atoms with Gasteiger partial charge in [-0.05, 0) is 31.3 Å². The van der Waals surface area contributed by atoms with Crippen LogP contribution in [-0.4, -0.2) is 35.5 Å². The van der Waals surface area contributed by atoms with Gasteiger partial charge in [0.1, 0.15) is 5.69 Å². The van der Waals surface area contributed by atoms with Gasteiger partial charge >= 0.3 is 0 Å². The molecule has 1 fully saturated rings. The first-order valence-corrected chi connectivity index (χ1v) is 5.95. The third-order valence-corrected chi connectivity index (χ3v) is 3.28. The standard InChI is InChI=1S/C12H18N4O/c1-12(2-4-13-5-3-12)9-16-11(17)10-8-14-6-7-15-10/h6-8,13H,2-5,9H2,1H3,(H,16,17). The van der Waals surface area contributed by atoms with Crippen molar-refractivity contribution < 1.29 is 4.79 Å². The van der Waals surface area contributed by atoms with E-state index >= 15 is 0 Å². The summed E-state index contributed by atoms with van der Waals surface area (Å²) in [5, 5.41) is 6.26. The van der Waals surface area contributed by atoms with Crippen LogP contribution in [-0.2, 0) is 0 Å². The number of carbonyl (C=O) groups is 1. The lowest BCUT2D eigenvalue weighted by Crippen LogP contribution is -2.43. The fourth-order valence-corrected chi connectivity index (χ4v) is 2.01. The first-order valence-electron chi connectivity index (χ1n) is 5.95. The number of nitrogens with zero attached hydrogens (tertiary/aromatic N) is 2. The number of piperidine rings is 1. The molecule has 1 aromatic rings. The largest absolute Gasteiger partial charge is 0.350 e. The van der Waals surface area contributed by atoms with Gasteiger partial charge in [0.05, 0.1) is 6.20 Å². The molecule has 1 amide bonds. The molecule has 2 N–H and O–H groups in total. The van der Waals surface area contributed by atoms with Gasteiger partial charge in [0.2, 0.25) is 0 Å². The zero-order valence-corrected chi connectivity index (χ0v) is 10.1. The molecule has 0 atom stereocenters. The summed E-state index contributed by atoms with van der Waals surface area (Å²) in [4.78, 5) is 19.7. The second-order valence-corrected chi connectivity index (χ2v) is 4.83. The van der Waals surface area contributed by atoms with Gasteiger partial charge in [-0.1, -0.05) is 6.92 Å². The number of hydrogen-bond donors (Lipinski definition) is 2. The summed E-state index contributed by atoms with van der Waals surface area (Å²) >= 11 is 0. The van der Waals surface area contributed by atoms with Crippen LogP contribution in [0, 0.1) is 5.41 Å². The summed E-state index contributed by atoms with van der Waals surface area (Å²) in [5.74, 6) is -0.141. The van der Waals surface area contributed by atoms with Crippen molar-refractivity contribution in [2.45, 2.75) is 19.8 Å². The maximum atomic E-state index is 11.8. The molecule has 1 aliphatic rings. The Labute approximate surface area is 101 Å². The maximum absolute atomic E-state index is 11.8. The zero-order chi connectivity index (χ0) is 12.1. The minimum atomic E-state index is -0.141. The van der Waals surface area contributed by atoms with E-state index in [-0.39, 0.29) is 11.3 Å². The van der Waals surface area contributed by atoms with Crippen LogP contribution < -0.4 is 10.6 Å². The molecular formula is C12H18N4O. The number of rotatable bonds is 3. The van der Waals surface area contributed by atoms with Gasteiger partial charge in [-0.25, -0.2) is 4.98 Å². The van der Waals surface area contributed by atoms with Crippen LogP contribution >= 0.6 is 0 Å². The molecule has 0 spiro atoms. The molecule has 0 radical (unpaired) electrons. The second-order valence-electron chi connectivity index (χ2n) is 4.83. The van der Waals surface area contributed by atoms with Crippen molar-refractivity contribution in [1.82, 2.24) is 20.6 Å². The predicted molar refractivity (Wildman–Crippen MR) is 64.6 cm³/mol. The molecule has 2 rings (SSSR count). The summed E-state index contributed by atoms with van der Waals surface area (Å²) in [6, 6.07) is 0. The van der Waals surface area contributed by atoms with Crippen molar-refractivity contribution in [3.8, 4) is 0 Å². The van der Waals surface area contributed by atoms with Crippen molar-refractivity contribution >= 4 is 5.91 Å². The SMILES string of the molecule is CC1(CNC(=O)c2cnccn2)CCNCC1. The maximum Gasteiger partial charge on any atom is 0.271 e. The molecule has 0 aliphatic carbocycles. The first-order chi connectivity index (χ1) is 8.20. The van der Waals surface area contributed by atoms with Crippen molar-refractivity contribution in [3.63, 3.8) is 0 Å². The van der Waals surface area contributed by atoms with Crippen molar-refractivity contribution in [2.24, 2.45) is 5.41 Å². The van der Waals surface area contributed by atoms with E-state index in [1.807, 2.05) is 0 Å². The Balaban J connectivity index is 1.87. The van der Waals surface area contributed by atoms with Gasteiger partial charge in [-0.3, -0.25) is 9.78 Å². The van der Waals surface area contributed by atoms with Crippen molar-refractivity contribution in [2.75, 3.05) is 19.6 Å². The fourth-order valence-electron chi connectivity index (χ4n) is 2.01. The number of aromatic nitrogens is 2. The monoisotopic (exact) mass is 234 g/mol. The summed E-state index contributed by atoms with van der Waals surface area (Å²) < 4.78 is 0. The highest BCUT2D eigenvalue weighted by atomic mass is 16.1. The normalized spacial score (nSPS) is 18.6. The van der Waals surface area contributed by atoms with Crippen LogP contribution in [0.3, 0.4) is 0 Å². The number of nitrogens with one attached hydrogen (secondary N) is 2. The molecule has 0 aromatic carbocycles. The van der Waals surface area contributed by atoms with E-state index in [0.29, 0.717) is 12.2 Å². The van der Waals surface area contributed by atoms with Crippen molar-refractivity contribution in [3.05, 3.63) is 24.3 Å². The number of hydrogen-bond acceptors (Lipinski definition) is 4. The zero-order valence-electron chi connectivity index (χ0n) is 10.1. The van der Waals surface area contributed by atoms with Crippen LogP contribution in [0.15, 0.2) is 18.6 Å². The highest BCUT2D eigenvalue weighted by Crippen LogP contribution is 2.26. The minimum absolute atomic E-state index is 0.141. The summed E-state index contributed by atoms with van der Waals surface area (Å²) in [5.41, 5.74) is 0.577. The Bertz CT molecular complexity index is 373.